The predicted octanol–water partition coefficient (Wildman–Crippen LogP) is 4.26. The number of aryl methyl sites for hydroxylation is 1. The summed E-state index contributed by atoms with van der Waals surface area (Å²) in [6.45, 7) is 2.32. The van der Waals surface area contributed by atoms with Crippen molar-refractivity contribution < 1.29 is 4.79 Å². The molecule has 3 nitrogen and oxygen atoms in total. The Morgan fingerprint density at radius 2 is 2.09 bits per heavy atom. The number of Topliss-reactive ketones (excluding diaryl/α,β-unsaturated/α-hetero) is 1. The summed E-state index contributed by atoms with van der Waals surface area (Å²) in [5.41, 5.74) is 2.20. The van der Waals surface area contributed by atoms with E-state index in [1.165, 1.54) is 0 Å². The minimum atomic E-state index is 0.196. The predicted molar refractivity (Wildman–Crippen MR) is 89.3 cm³/mol. The molecule has 22 heavy (non-hydrogen) atoms. The van der Waals surface area contributed by atoms with Crippen LogP contribution in [0.15, 0.2) is 48.9 Å². The van der Waals surface area contributed by atoms with E-state index in [2.05, 4.69) is 21.7 Å². The third kappa shape index (κ3) is 3.20. The van der Waals surface area contributed by atoms with Crippen molar-refractivity contribution in [2.45, 2.75) is 26.3 Å². The van der Waals surface area contributed by atoms with Crippen LogP contribution in [0.3, 0.4) is 0 Å². The molecule has 0 unspecified atom stereocenters. The van der Waals surface area contributed by atoms with Crippen LogP contribution in [0, 0.1) is 0 Å². The lowest BCUT2D eigenvalue weighted by Crippen LogP contribution is -2.05. The number of fused-ring (bicyclic) bond motifs is 1. The zero-order valence-electron chi connectivity index (χ0n) is 12.4. The monoisotopic (exact) mass is 312 g/mol. The normalized spacial score (nSPS) is 11.0. The molecule has 0 aliphatic rings. The maximum atomic E-state index is 11.2. The van der Waals surface area contributed by atoms with Gasteiger partial charge in [0.2, 0.25) is 0 Å². The van der Waals surface area contributed by atoms with Gasteiger partial charge < -0.3 is 9.36 Å². The van der Waals surface area contributed by atoms with E-state index in [0.29, 0.717) is 13.0 Å². The largest absolute Gasteiger partial charge is 0.330 e. The SMILES string of the molecule is CC(=O)CCc1cncn1Cc1cc(Cl)c2ccccc2c1. The Morgan fingerprint density at radius 1 is 1.27 bits per heavy atom. The van der Waals surface area contributed by atoms with Crippen molar-refractivity contribution in [3.8, 4) is 0 Å². The van der Waals surface area contributed by atoms with Crippen LogP contribution in [-0.4, -0.2) is 15.3 Å². The molecular formula is C18H17ClN2O. The molecule has 0 amide bonds. The van der Waals surface area contributed by atoms with E-state index in [1.54, 1.807) is 13.3 Å². The second-order valence-corrected chi connectivity index (χ2v) is 5.92. The molecule has 1 aromatic heterocycles. The van der Waals surface area contributed by atoms with E-state index in [-0.39, 0.29) is 5.78 Å². The highest BCUT2D eigenvalue weighted by atomic mass is 35.5. The molecule has 0 spiro atoms. The van der Waals surface area contributed by atoms with Crippen LogP contribution >= 0.6 is 11.6 Å². The van der Waals surface area contributed by atoms with Crippen LogP contribution in [0.1, 0.15) is 24.6 Å². The van der Waals surface area contributed by atoms with Crippen LogP contribution in [0.2, 0.25) is 5.02 Å². The lowest BCUT2D eigenvalue weighted by Gasteiger charge is -2.10. The van der Waals surface area contributed by atoms with Crippen molar-refractivity contribution in [2.75, 3.05) is 0 Å². The summed E-state index contributed by atoms with van der Waals surface area (Å²) in [6.07, 6.45) is 4.89. The van der Waals surface area contributed by atoms with Crippen LogP contribution in [0.5, 0.6) is 0 Å². The number of aromatic nitrogens is 2. The van der Waals surface area contributed by atoms with Crippen LogP contribution in [0.4, 0.5) is 0 Å². The summed E-state index contributed by atoms with van der Waals surface area (Å²) in [5.74, 6) is 0.196. The van der Waals surface area contributed by atoms with E-state index in [1.807, 2.05) is 30.5 Å². The smallest absolute Gasteiger partial charge is 0.130 e. The Kier molecular flexibility index (Phi) is 4.25. The Balaban J connectivity index is 1.87. The van der Waals surface area contributed by atoms with Gasteiger partial charge in [0, 0.05) is 35.3 Å². The lowest BCUT2D eigenvalue weighted by molar-refractivity contribution is -0.117. The van der Waals surface area contributed by atoms with Crippen LogP contribution < -0.4 is 0 Å². The fourth-order valence-corrected chi connectivity index (χ4v) is 2.93. The number of hydrogen-bond acceptors (Lipinski definition) is 2. The average Bonchev–Trinajstić information content (AvgIpc) is 2.92. The molecule has 3 rings (SSSR count). The molecule has 0 fully saturated rings. The highest BCUT2D eigenvalue weighted by Crippen LogP contribution is 2.25. The molecule has 4 heteroatoms. The van der Waals surface area contributed by atoms with Gasteiger partial charge in [-0.05, 0) is 36.4 Å². The van der Waals surface area contributed by atoms with E-state index in [0.717, 1.165) is 33.5 Å². The number of imidazole rings is 1. The van der Waals surface area contributed by atoms with Gasteiger partial charge in [0.25, 0.3) is 0 Å². The molecule has 0 bridgehead atoms. The van der Waals surface area contributed by atoms with Crippen molar-refractivity contribution in [3.05, 3.63) is 65.2 Å². The molecule has 3 aromatic rings. The number of rotatable bonds is 5. The lowest BCUT2D eigenvalue weighted by atomic mass is 10.1. The molecule has 0 radical (unpaired) electrons. The standard InChI is InChI=1S/C18H17ClN2O/c1-13(22)6-7-16-10-20-12-21(16)11-14-8-15-4-2-3-5-17(15)18(19)9-14/h2-5,8-10,12H,6-7,11H2,1H3. The number of hydrogen-bond donors (Lipinski definition) is 0. The first kappa shape index (κ1) is 14.8. The zero-order chi connectivity index (χ0) is 15.5. The van der Waals surface area contributed by atoms with Gasteiger partial charge in [0.15, 0.2) is 0 Å². The highest BCUT2D eigenvalue weighted by molar-refractivity contribution is 6.35. The zero-order valence-corrected chi connectivity index (χ0v) is 13.2. The molecule has 0 aliphatic carbocycles. The second kappa shape index (κ2) is 6.32. The van der Waals surface area contributed by atoms with Crippen molar-refractivity contribution >= 4 is 28.2 Å². The topological polar surface area (TPSA) is 34.9 Å². The van der Waals surface area contributed by atoms with Gasteiger partial charge in [-0.2, -0.15) is 0 Å². The van der Waals surface area contributed by atoms with Crippen LogP contribution in [-0.2, 0) is 17.8 Å². The molecule has 0 saturated heterocycles. The summed E-state index contributed by atoms with van der Waals surface area (Å²) in [5, 5.41) is 2.96. The second-order valence-electron chi connectivity index (χ2n) is 5.51. The summed E-state index contributed by atoms with van der Waals surface area (Å²) in [4.78, 5) is 15.4. The number of halogens is 1. The average molecular weight is 313 g/mol. The van der Waals surface area contributed by atoms with Gasteiger partial charge in [0.1, 0.15) is 5.78 Å². The van der Waals surface area contributed by atoms with Crippen molar-refractivity contribution in [2.24, 2.45) is 0 Å². The van der Waals surface area contributed by atoms with Gasteiger partial charge in [-0.15, -0.1) is 0 Å². The number of nitrogens with zero attached hydrogens (tertiary/aromatic N) is 2. The maximum Gasteiger partial charge on any atom is 0.130 e. The van der Waals surface area contributed by atoms with E-state index >= 15 is 0 Å². The summed E-state index contributed by atoms with van der Waals surface area (Å²) in [7, 11) is 0. The molecule has 112 valence electrons. The first-order valence-electron chi connectivity index (χ1n) is 7.29. The molecule has 1 heterocycles. The van der Waals surface area contributed by atoms with Gasteiger partial charge in [-0.3, -0.25) is 0 Å². The molecular weight excluding hydrogens is 296 g/mol. The van der Waals surface area contributed by atoms with Gasteiger partial charge >= 0.3 is 0 Å². The number of ketones is 1. The molecule has 0 saturated carbocycles. The quantitative estimate of drug-likeness (QED) is 0.705. The molecule has 0 aliphatic heterocycles. The Morgan fingerprint density at radius 3 is 2.91 bits per heavy atom. The number of carbonyl (C=O) groups is 1. The molecule has 0 N–H and O–H groups in total. The van der Waals surface area contributed by atoms with Crippen molar-refractivity contribution in [1.29, 1.82) is 0 Å². The fraction of sp³-hybridized carbons (Fsp3) is 0.222. The third-order valence-corrected chi connectivity index (χ3v) is 4.07. The number of benzene rings is 2. The van der Waals surface area contributed by atoms with Gasteiger partial charge in [-0.25, -0.2) is 4.98 Å². The molecule has 0 atom stereocenters. The van der Waals surface area contributed by atoms with E-state index < -0.39 is 0 Å². The Bertz CT molecular complexity index is 823. The minimum absolute atomic E-state index is 0.196. The first-order chi connectivity index (χ1) is 10.6. The maximum absolute atomic E-state index is 11.2. The van der Waals surface area contributed by atoms with Crippen molar-refractivity contribution in [3.63, 3.8) is 0 Å². The van der Waals surface area contributed by atoms with E-state index in [4.69, 9.17) is 11.6 Å². The van der Waals surface area contributed by atoms with Crippen molar-refractivity contribution in [1.82, 2.24) is 9.55 Å². The minimum Gasteiger partial charge on any atom is -0.330 e. The first-order valence-corrected chi connectivity index (χ1v) is 7.67. The third-order valence-electron chi connectivity index (χ3n) is 3.76. The van der Waals surface area contributed by atoms with E-state index in [9.17, 15) is 4.79 Å². The van der Waals surface area contributed by atoms with Crippen LogP contribution in [0.25, 0.3) is 10.8 Å². The van der Waals surface area contributed by atoms with Gasteiger partial charge in [0.05, 0.1) is 6.33 Å². The van der Waals surface area contributed by atoms with Gasteiger partial charge in [-0.1, -0.05) is 35.9 Å². The Labute approximate surface area is 134 Å². The number of carbonyl (C=O) groups excluding carboxylic acids is 1. The fourth-order valence-electron chi connectivity index (χ4n) is 2.61. The summed E-state index contributed by atoms with van der Waals surface area (Å²) in [6, 6.07) is 12.2. The molecule has 2 aromatic carbocycles. The Hall–Kier alpha value is -2.13. The highest BCUT2D eigenvalue weighted by Gasteiger charge is 2.07. The summed E-state index contributed by atoms with van der Waals surface area (Å²) < 4.78 is 2.07. The summed E-state index contributed by atoms with van der Waals surface area (Å²) >= 11 is 6.38.